The van der Waals surface area contributed by atoms with Crippen LogP contribution in [0.25, 0.3) is 0 Å². The van der Waals surface area contributed by atoms with Gasteiger partial charge >= 0.3 is 0 Å². The number of piperazine rings is 2. The first-order chi connectivity index (χ1) is 11.5. The van der Waals surface area contributed by atoms with E-state index < -0.39 is 6.04 Å². The molecule has 0 radical (unpaired) electrons. The summed E-state index contributed by atoms with van der Waals surface area (Å²) in [7, 11) is 0. The van der Waals surface area contributed by atoms with Crippen molar-refractivity contribution in [2.45, 2.75) is 25.3 Å². The van der Waals surface area contributed by atoms with Gasteiger partial charge in [-0.25, -0.2) is 4.39 Å². The normalized spacial score (nSPS) is 20.6. The van der Waals surface area contributed by atoms with E-state index in [1.807, 2.05) is 0 Å². The standard InChI is InChI=1S/C17H20FN3O3/c18-13-6-4-12(5-7-13)2-1-3-15(22)20-8-9-21-14(11-20)17(24)19-10-16(21)23/h4-7,14H,1-3,8-11H2,(H,19,24)/t14-/m0/s1. The summed E-state index contributed by atoms with van der Waals surface area (Å²) < 4.78 is 12.9. The molecule has 1 atom stereocenters. The number of rotatable bonds is 4. The molecule has 2 aliphatic rings. The van der Waals surface area contributed by atoms with Gasteiger partial charge in [0.15, 0.2) is 0 Å². The van der Waals surface area contributed by atoms with Crippen molar-refractivity contribution in [1.82, 2.24) is 15.1 Å². The van der Waals surface area contributed by atoms with Gasteiger partial charge < -0.3 is 15.1 Å². The van der Waals surface area contributed by atoms with Crippen LogP contribution in [0, 0.1) is 5.82 Å². The second-order valence-electron chi connectivity index (χ2n) is 6.14. The van der Waals surface area contributed by atoms with Crippen LogP contribution < -0.4 is 5.32 Å². The first-order valence-corrected chi connectivity index (χ1v) is 8.14. The van der Waals surface area contributed by atoms with Gasteiger partial charge in [-0.3, -0.25) is 14.4 Å². The van der Waals surface area contributed by atoms with Crippen LogP contribution in [0.3, 0.4) is 0 Å². The maximum absolute atomic E-state index is 12.9. The predicted molar refractivity (Wildman–Crippen MR) is 84.4 cm³/mol. The lowest BCUT2D eigenvalue weighted by Crippen LogP contribution is -2.66. The van der Waals surface area contributed by atoms with Crippen molar-refractivity contribution in [3.63, 3.8) is 0 Å². The second kappa shape index (κ2) is 6.98. The number of fused-ring (bicyclic) bond motifs is 1. The van der Waals surface area contributed by atoms with E-state index in [0.29, 0.717) is 32.4 Å². The Morgan fingerprint density at radius 2 is 1.96 bits per heavy atom. The smallest absolute Gasteiger partial charge is 0.245 e. The maximum Gasteiger partial charge on any atom is 0.245 e. The number of hydrogen-bond donors (Lipinski definition) is 1. The number of benzene rings is 1. The highest BCUT2D eigenvalue weighted by Crippen LogP contribution is 2.15. The fourth-order valence-corrected chi connectivity index (χ4v) is 3.17. The molecule has 0 bridgehead atoms. The Labute approximate surface area is 139 Å². The quantitative estimate of drug-likeness (QED) is 0.863. The van der Waals surface area contributed by atoms with Crippen molar-refractivity contribution in [2.75, 3.05) is 26.2 Å². The van der Waals surface area contributed by atoms with Gasteiger partial charge in [-0.15, -0.1) is 0 Å². The first kappa shape index (κ1) is 16.4. The second-order valence-corrected chi connectivity index (χ2v) is 6.14. The van der Waals surface area contributed by atoms with E-state index in [2.05, 4.69) is 5.32 Å². The monoisotopic (exact) mass is 333 g/mol. The van der Waals surface area contributed by atoms with Gasteiger partial charge in [0.2, 0.25) is 17.7 Å². The molecule has 3 amide bonds. The van der Waals surface area contributed by atoms with Crippen molar-refractivity contribution in [2.24, 2.45) is 0 Å². The minimum Gasteiger partial charge on any atom is -0.345 e. The predicted octanol–water partition coefficient (Wildman–Crippen LogP) is 0.318. The number of hydrogen-bond acceptors (Lipinski definition) is 3. The molecule has 2 fully saturated rings. The molecular formula is C17H20FN3O3. The van der Waals surface area contributed by atoms with E-state index in [4.69, 9.17) is 0 Å². The summed E-state index contributed by atoms with van der Waals surface area (Å²) in [5.41, 5.74) is 0.992. The number of carbonyl (C=O) groups is 3. The van der Waals surface area contributed by atoms with Gasteiger partial charge in [-0.2, -0.15) is 0 Å². The topological polar surface area (TPSA) is 69.7 Å². The Morgan fingerprint density at radius 3 is 2.71 bits per heavy atom. The van der Waals surface area contributed by atoms with Crippen LogP contribution in [0.15, 0.2) is 24.3 Å². The Balaban J connectivity index is 1.49. The third-order valence-corrected chi connectivity index (χ3v) is 4.54. The van der Waals surface area contributed by atoms with Crippen molar-refractivity contribution in [3.05, 3.63) is 35.6 Å². The molecule has 0 saturated carbocycles. The molecule has 0 aromatic heterocycles. The molecule has 1 N–H and O–H groups in total. The van der Waals surface area contributed by atoms with E-state index in [0.717, 1.165) is 5.56 Å². The zero-order valence-electron chi connectivity index (χ0n) is 13.3. The van der Waals surface area contributed by atoms with Gasteiger partial charge in [-0.1, -0.05) is 12.1 Å². The molecule has 7 heteroatoms. The fraction of sp³-hybridized carbons (Fsp3) is 0.471. The van der Waals surface area contributed by atoms with Crippen LogP contribution in [0.1, 0.15) is 18.4 Å². The average Bonchev–Trinajstić information content (AvgIpc) is 2.59. The molecule has 2 saturated heterocycles. The van der Waals surface area contributed by atoms with Gasteiger partial charge in [0.05, 0.1) is 13.1 Å². The minimum atomic E-state index is -0.568. The van der Waals surface area contributed by atoms with E-state index in [1.54, 1.807) is 21.9 Å². The van der Waals surface area contributed by atoms with Gasteiger partial charge in [0.1, 0.15) is 11.9 Å². The van der Waals surface area contributed by atoms with Gasteiger partial charge in [0.25, 0.3) is 0 Å². The summed E-state index contributed by atoms with van der Waals surface area (Å²) in [6.07, 6.45) is 1.74. The summed E-state index contributed by atoms with van der Waals surface area (Å²) in [4.78, 5) is 39.2. The van der Waals surface area contributed by atoms with Crippen molar-refractivity contribution < 1.29 is 18.8 Å². The van der Waals surface area contributed by atoms with Crippen LogP contribution in [0.5, 0.6) is 0 Å². The van der Waals surface area contributed by atoms with Crippen molar-refractivity contribution in [1.29, 1.82) is 0 Å². The number of aryl methyl sites for hydroxylation is 1. The third kappa shape index (κ3) is 3.55. The number of halogens is 1. The Kier molecular flexibility index (Phi) is 4.78. The van der Waals surface area contributed by atoms with Crippen LogP contribution in [0.2, 0.25) is 0 Å². The highest BCUT2D eigenvalue weighted by atomic mass is 19.1. The lowest BCUT2D eigenvalue weighted by molar-refractivity contribution is -0.152. The molecule has 1 aromatic rings. The molecule has 24 heavy (non-hydrogen) atoms. The SMILES string of the molecule is O=C1NCC(=O)N2CCN(C(=O)CCCc3ccc(F)cc3)C[C@@H]12. The molecule has 0 unspecified atom stereocenters. The summed E-state index contributed by atoms with van der Waals surface area (Å²) in [6.45, 7) is 1.17. The summed E-state index contributed by atoms with van der Waals surface area (Å²) in [5, 5.41) is 2.56. The lowest BCUT2D eigenvalue weighted by atomic mass is 10.1. The van der Waals surface area contributed by atoms with E-state index in [9.17, 15) is 18.8 Å². The molecule has 2 heterocycles. The van der Waals surface area contributed by atoms with Crippen LogP contribution in [-0.4, -0.2) is 59.7 Å². The Morgan fingerprint density at radius 1 is 1.21 bits per heavy atom. The van der Waals surface area contributed by atoms with Crippen molar-refractivity contribution >= 4 is 17.7 Å². The molecule has 1 aromatic carbocycles. The largest absolute Gasteiger partial charge is 0.345 e. The first-order valence-electron chi connectivity index (χ1n) is 8.14. The molecule has 128 valence electrons. The zero-order valence-corrected chi connectivity index (χ0v) is 13.3. The maximum atomic E-state index is 12.9. The number of nitrogens with zero attached hydrogens (tertiary/aromatic N) is 2. The van der Waals surface area contributed by atoms with Crippen molar-refractivity contribution in [3.8, 4) is 0 Å². The zero-order chi connectivity index (χ0) is 17.1. The van der Waals surface area contributed by atoms with Crippen LogP contribution >= 0.6 is 0 Å². The highest BCUT2D eigenvalue weighted by molar-refractivity contribution is 5.95. The fourth-order valence-electron chi connectivity index (χ4n) is 3.17. The summed E-state index contributed by atoms with van der Waals surface area (Å²) in [6, 6.07) is 5.69. The van der Waals surface area contributed by atoms with E-state index >= 15 is 0 Å². The summed E-state index contributed by atoms with van der Waals surface area (Å²) in [5.74, 6) is -0.572. The molecule has 2 aliphatic heterocycles. The molecular weight excluding hydrogens is 313 g/mol. The van der Waals surface area contributed by atoms with Gasteiger partial charge in [-0.05, 0) is 30.5 Å². The number of nitrogens with one attached hydrogen (secondary N) is 1. The Bertz CT molecular complexity index is 647. The minimum absolute atomic E-state index is 0.0115. The lowest BCUT2D eigenvalue weighted by Gasteiger charge is -2.42. The van der Waals surface area contributed by atoms with Gasteiger partial charge in [0, 0.05) is 19.5 Å². The van der Waals surface area contributed by atoms with Crippen LogP contribution in [-0.2, 0) is 20.8 Å². The van der Waals surface area contributed by atoms with E-state index in [1.165, 1.54) is 12.1 Å². The van der Waals surface area contributed by atoms with Crippen LogP contribution in [0.4, 0.5) is 4.39 Å². The number of carbonyl (C=O) groups excluding carboxylic acids is 3. The third-order valence-electron chi connectivity index (χ3n) is 4.54. The average molecular weight is 333 g/mol. The molecule has 0 spiro atoms. The molecule has 0 aliphatic carbocycles. The molecule has 6 nitrogen and oxygen atoms in total. The number of amides is 3. The summed E-state index contributed by atoms with van der Waals surface area (Å²) >= 11 is 0. The molecule has 3 rings (SSSR count). The van der Waals surface area contributed by atoms with E-state index in [-0.39, 0.29) is 36.6 Å². The Hall–Kier alpha value is -2.44. The highest BCUT2D eigenvalue weighted by Gasteiger charge is 2.39.